The fraction of sp³-hybridized carbons (Fsp3) is 0.385. The van der Waals surface area contributed by atoms with Crippen LogP contribution in [0.4, 0.5) is 11.5 Å². The van der Waals surface area contributed by atoms with Gasteiger partial charge in [-0.05, 0) is 19.4 Å². The highest BCUT2D eigenvalue weighted by Gasteiger charge is 2.01. The third-order valence-corrected chi connectivity index (χ3v) is 3.65. The van der Waals surface area contributed by atoms with Crippen molar-refractivity contribution in [3.8, 4) is 0 Å². The molecule has 96 valence electrons. The number of anilines is 2. The average Bonchev–Trinajstić information content (AvgIpc) is 2.85. The number of hydrogen-bond donors (Lipinski definition) is 2. The molecule has 0 aromatic carbocycles. The van der Waals surface area contributed by atoms with Crippen LogP contribution in [0.1, 0.15) is 23.7 Å². The van der Waals surface area contributed by atoms with Gasteiger partial charge in [0, 0.05) is 35.6 Å². The Morgan fingerprint density at radius 3 is 2.83 bits per heavy atom. The van der Waals surface area contributed by atoms with E-state index in [1.54, 1.807) is 17.5 Å². The summed E-state index contributed by atoms with van der Waals surface area (Å²) in [6.07, 6.45) is 4.81. The van der Waals surface area contributed by atoms with Gasteiger partial charge in [0.15, 0.2) is 0 Å². The van der Waals surface area contributed by atoms with Gasteiger partial charge in [-0.3, -0.25) is 0 Å². The monoisotopic (exact) mass is 262 g/mol. The van der Waals surface area contributed by atoms with E-state index in [0.717, 1.165) is 36.0 Å². The number of aryl methyl sites for hydroxylation is 1. The standard InChI is InChI=1S/C13H18N4S/c1-3-11-8-17-13(18-11)9-16-10-5-6-15-12(7-10)14-4-2/h5-8H,3-4,9H2,1-2H3,(H2,14,15,16). The summed E-state index contributed by atoms with van der Waals surface area (Å²) in [6, 6.07) is 3.98. The number of nitrogens with one attached hydrogen (secondary N) is 2. The molecule has 2 aromatic rings. The fourth-order valence-corrected chi connectivity index (χ4v) is 2.39. The molecule has 2 rings (SSSR count). The molecule has 0 saturated heterocycles. The van der Waals surface area contributed by atoms with E-state index in [1.807, 2.05) is 18.3 Å². The summed E-state index contributed by atoms with van der Waals surface area (Å²) in [6.45, 7) is 5.85. The number of nitrogens with zero attached hydrogens (tertiary/aromatic N) is 2. The van der Waals surface area contributed by atoms with Crippen molar-refractivity contribution >= 4 is 22.8 Å². The zero-order chi connectivity index (χ0) is 12.8. The van der Waals surface area contributed by atoms with Gasteiger partial charge >= 0.3 is 0 Å². The van der Waals surface area contributed by atoms with E-state index in [9.17, 15) is 0 Å². The van der Waals surface area contributed by atoms with Crippen LogP contribution in [0.15, 0.2) is 24.5 Å². The van der Waals surface area contributed by atoms with Gasteiger partial charge in [-0.15, -0.1) is 11.3 Å². The van der Waals surface area contributed by atoms with Gasteiger partial charge in [0.05, 0.1) is 6.54 Å². The van der Waals surface area contributed by atoms with E-state index in [4.69, 9.17) is 0 Å². The van der Waals surface area contributed by atoms with Gasteiger partial charge in [0.25, 0.3) is 0 Å². The molecule has 0 aliphatic carbocycles. The maximum atomic E-state index is 4.39. The zero-order valence-electron chi connectivity index (χ0n) is 10.7. The first-order valence-electron chi connectivity index (χ1n) is 6.19. The van der Waals surface area contributed by atoms with Crippen LogP contribution in [-0.2, 0) is 13.0 Å². The molecule has 2 aromatic heterocycles. The molecular formula is C13H18N4S. The maximum absolute atomic E-state index is 4.39. The Hall–Kier alpha value is -1.62. The Bertz CT molecular complexity index is 495. The summed E-state index contributed by atoms with van der Waals surface area (Å²) >= 11 is 1.76. The molecule has 0 amide bonds. The predicted molar refractivity (Wildman–Crippen MR) is 77.2 cm³/mol. The molecule has 0 atom stereocenters. The van der Waals surface area contributed by atoms with Crippen molar-refractivity contribution in [1.82, 2.24) is 9.97 Å². The molecule has 0 spiro atoms. The number of aromatic nitrogens is 2. The molecule has 0 unspecified atom stereocenters. The number of hydrogen-bond acceptors (Lipinski definition) is 5. The third-order valence-electron chi connectivity index (χ3n) is 2.51. The molecule has 4 nitrogen and oxygen atoms in total. The normalized spacial score (nSPS) is 10.3. The Balaban J connectivity index is 1.94. The molecule has 0 aliphatic heterocycles. The minimum absolute atomic E-state index is 0.764. The molecule has 0 fully saturated rings. The first kappa shape index (κ1) is 12.8. The highest BCUT2D eigenvalue weighted by atomic mass is 32.1. The smallest absolute Gasteiger partial charge is 0.127 e. The van der Waals surface area contributed by atoms with E-state index in [-0.39, 0.29) is 0 Å². The molecule has 2 heterocycles. The Morgan fingerprint density at radius 2 is 2.11 bits per heavy atom. The Morgan fingerprint density at radius 1 is 1.22 bits per heavy atom. The summed E-state index contributed by atoms with van der Waals surface area (Å²) in [5, 5.41) is 7.68. The average molecular weight is 262 g/mol. The lowest BCUT2D eigenvalue weighted by molar-refractivity contribution is 1.09. The van der Waals surface area contributed by atoms with Crippen molar-refractivity contribution in [2.45, 2.75) is 26.8 Å². The SMILES string of the molecule is CCNc1cc(NCc2ncc(CC)s2)ccn1. The topological polar surface area (TPSA) is 49.8 Å². The van der Waals surface area contributed by atoms with E-state index < -0.39 is 0 Å². The van der Waals surface area contributed by atoms with Crippen LogP contribution in [0.3, 0.4) is 0 Å². The third kappa shape index (κ3) is 3.43. The van der Waals surface area contributed by atoms with Gasteiger partial charge in [-0.25, -0.2) is 9.97 Å². The second-order valence-electron chi connectivity index (χ2n) is 3.89. The van der Waals surface area contributed by atoms with Crippen LogP contribution < -0.4 is 10.6 Å². The van der Waals surface area contributed by atoms with E-state index >= 15 is 0 Å². The summed E-state index contributed by atoms with van der Waals surface area (Å²) in [5.74, 6) is 0.899. The van der Waals surface area contributed by atoms with Crippen molar-refractivity contribution in [1.29, 1.82) is 0 Å². The molecule has 0 bridgehead atoms. The molecule has 0 radical (unpaired) electrons. The van der Waals surface area contributed by atoms with Crippen molar-refractivity contribution in [3.63, 3.8) is 0 Å². The van der Waals surface area contributed by atoms with Gasteiger partial charge in [0.2, 0.25) is 0 Å². The minimum Gasteiger partial charge on any atom is -0.378 e. The summed E-state index contributed by atoms with van der Waals surface area (Å²) in [7, 11) is 0. The molecule has 0 aliphatic rings. The lowest BCUT2D eigenvalue weighted by atomic mass is 10.4. The Kier molecular flexibility index (Phi) is 4.52. The van der Waals surface area contributed by atoms with Crippen molar-refractivity contribution in [3.05, 3.63) is 34.4 Å². The van der Waals surface area contributed by atoms with E-state index in [0.29, 0.717) is 0 Å². The second-order valence-corrected chi connectivity index (χ2v) is 5.09. The highest BCUT2D eigenvalue weighted by Crippen LogP contribution is 2.16. The maximum Gasteiger partial charge on any atom is 0.127 e. The molecule has 0 saturated carbocycles. The van der Waals surface area contributed by atoms with Crippen LogP contribution in [0.25, 0.3) is 0 Å². The summed E-state index contributed by atoms with van der Waals surface area (Å²) in [5.41, 5.74) is 1.06. The quantitative estimate of drug-likeness (QED) is 0.839. The van der Waals surface area contributed by atoms with Gasteiger partial charge < -0.3 is 10.6 Å². The number of thiazole rings is 1. The van der Waals surface area contributed by atoms with E-state index in [1.165, 1.54) is 4.88 Å². The first-order valence-corrected chi connectivity index (χ1v) is 7.00. The molecule has 2 N–H and O–H groups in total. The first-order chi connectivity index (χ1) is 8.81. The number of rotatable bonds is 6. The molecular weight excluding hydrogens is 244 g/mol. The van der Waals surface area contributed by atoms with Crippen LogP contribution in [0, 0.1) is 0 Å². The predicted octanol–water partition coefficient (Wildman–Crippen LogP) is 3.14. The highest BCUT2D eigenvalue weighted by molar-refractivity contribution is 7.11. The van der Waals surface area contributed by atoms with Crippen molar-refractivity contribution in [2.24, 2.45) is 0 Å². The number of pyridine rings is 1. The molecule has 5 heteroatoms. The lowest BCUT2D eigenvalue weighted by Crippen LogP contribution is -2.02. The van der Waals surface area contributed by atoms with Crippen LogP contribution in [0.2, 0.25) is 0 Å². The van der Waals surface area contributed by atoms with E-state index in [2.05, 4.69) is 34.4 Å². The van der Waals surface area contributed by atoms with Crippen LogP contribution >= 0.6 is 11.3 Å². The van der Waals surface area contributed by atoms with Crippen LogP contribution in [0.5, 0.6) is 0 Å². The van der Waals surface area contributed by atoms with Crippen molar-refractivity contribution < 1.29 is 0 Å². The molecule has 18 heavy (non-hydrogen) atoms. The van der Waals surface area contributed by atoms with Gasteiger partial charge in [-0.2, -0.15) is 0 Å². The zero-order valence-corrected chi connectivity index (χ0v) is 11.5. The van der Waals surface area contributed by atoms with Gasteiger partial charge in [-0.1, -0.05) is 6.92 Å². The lowest BCUT2D eigenvalue weighted by Gasteiger charge is -2.06. The Labute approximate surface area is 111 Å². The van der Waals surface area contributed by atoms with Crippen LogP contribution in [-0.4, -0.2) is 16.5 Å². The fourth-order valence-electron chi connectivity index (χ4n) is 1.59. The minimum atomic E-state index is 0.764. The second kappa shape index (κ2) is 6.35. The van der Waals surface area contributed by atoms with Gasteiger partial charge in [0.1, 0.15) is 10.8 Å². The van der Waals surface area contributed by atoms with Crippen molar-refractivity contribution in [2.75, 3.05) is 17.2 Å². The summed E-state index contributed by atoms with van der Waals surface area (Å²) < 4.78 is 0. The summed E-state index contributed by atoms with van der Waals surface area (Å²) in [4.78, 5) is 9.95. The largest absolute Gasteiger partial charge is 0.378 e.